The third-order valence-corrected chi connectivity index (χ3v) is 1.81. The van der Waals surface area contributed by atoms with Crippen molar-refractivity contribution in [2.24, 2.45) is 0 Å². The lowest BCUT2D eigenvalue weighted by molar-refractivity contribution is -0.140. The van der Waals surface area contributed by atoms with Crippen molar-refractivity contribution in [1.29, 1.82) is 0 Å². The van der Waals surface area contributed by atoms with Crippen LogP contribution in [0.1, 0.15) is 13.0 Å². The molecule has 0 aromatic carbocycles. The van der Waals surface area contributed by atoms with Gasteiger partial charge in [-0.2, -0.15) is 5.21 Å². The van der Waals surface area contributed by atoms with Crippen LogP contribution in [0.2, 0.25) is 0 Å². The first-order chi connectivity index (χ1) is 7.18. The largest absolute Gasteiger partial charge is 0.480 e. The highest BCUT2D eigenvalue weighted by Gasteiger charge is 2.16. The van der Waals surface area contributed by atoms with Gasteiger partial charge < -0.3 is 5.11 Å². The molecule has 0 aliphatic heterocycles. The standard InChI is InChI=1S/C6H7N7O2/c1-3(6(14)15)13-2-7-4(10-13)5-8-11-12-9-5/h2-3H,1H3,(H,14,15)(H,8,9,11,12)/t3-/m1/s1. The molecule has 15 heavy (non-hydrogen) atoms. The van der Waals surface area contributed by atoms with E-state index in [0.717, 1.165) is 0 Å². The summed E-state index contributed by atoms with van der Waals surface area (Å²) >= 11 is 0. The molecular weight excluding hydrogens is 202 g/mol. The van der Waals surface area contributed by atoms with E-state index in [4.69, 9.17) is 5.11 Å². The van der Waals surface area contributed by atoms with Gasteiger partial charge in [-0.25, -0.2) is 14.5 Å². The second-order valence-electron chi connectivity index (χ2n) is 2.80. The van der Waals surface area contributed by atoms with E-state index in [0.29, 0.717) is 0 Å². The molecule has 0 fully saturated rings. The number of tetrazole rings is 1. The molecular formula is C6H7N7O2. The lowest BCUT2D eigenvalue weighted by atomic mass is 10.4. The number of carbonyl (C=O) groups is 1. The first kappa shape index (κ1) is 9.24. The number of H-pyrrole nitrogens is 1. The molecule has 2 rings (SSSR count). The molecule has 9 nitrogen and oxygen atoms in total. The molecule has 0 amide bonds. The van der Waals surface area contributed by atoms with Gasteiger partial charge in [-0.05, 0) is 12.1 Å². The highest BCUT2D eigenvalue weighted by molar-refractivity contribution is 5.71. The minimum atomic E-state index is -0.987. The van der Waals surface area contributed by atoms with Crippen LogP contribution in [0.4, 0.5) is 0 Å². The summed E-state index contributed by atoms with van der Waals surface area (Å²) in [6.07, 6.45) is 1.31. The van der Waals surface area contributed by atoms with Crippen LogP contribution in [0.15, 0.2) is 6.33 Å². The van der Waals surface area contributed by atoms with Gasteiger partial charge in [-0.15, -0.1) is 15.3 Å². The maximum absolute atomic E-state index is 10.7. The normalized spacial score (nSPS) is 12.6. The molecule has 0 saturated heterocycles. The predicted molar refractivity (Wildman–Crippen MR) is 45.5 cm³/mol. The van der Waals surface area contributed by atoms with Gasteiger partial charge in [0.05, 0.1) is 0 Å². The topological polar surface area (TPSA) is 122 Å². The average Bonchev–Trinajstić information content (AvgIpc) is 2.86. The Labute approximate surface area is 83.1 Å². The summed E-state index contributed by atoms with van der Waals surface area (Å²) in [4.78, 5) is 14.5. The molecule has 0 aliphatic carbocycles. The number of aromatic amines is 1. The lowest BCUT2D eigenvalue weighted by Crippen LogP contribution is -2.15. The monoisotopic (exact) mass is 209 g/mol. The number of rotatable bonds is 3. The van der Waals surface area contributed by atoms with E-state index in [-0.39, 0.29) is 11.6 Å². The van der Waals surface area contributed by atoms with Gasteiger partial charge in [0.25, 0.3) is 0 Å². The van der Waals surface area contributed by atoms with Gasteiger partial charge in [0, 0.05) is 0 Å². The zero-order valence-electron chi connectivity index (χ0n) is 7.69. The highest BCUT2D eigenvalue weighted by Crippen LogP contribution is 2.08. The minimum absolute atomic E-state index is 0.228. The van der Waals surface area contributed by atoms with Crippen molar-refractivity contribution in [2.75, 3.05) is 0 Å². The Bertz CT molecular complexity index is 462. The molecule has 0 unspecified atom stereocenters. The quantitative estimate of drug-likeness (QED) is 0.671. The van der Waals surface area contributed by atoms with Gasteiger partial charge in [0.2, 0.25) is 11.6 Å². The van der Waals surface area contributed by atoms with Crippen molar-refractivity contribution in [1.82, 2.24) is 35.4 Å². The molecule has 0 radical (unpaired) electrons. The van der Waals surface area contributed by atoms with Crippen LogP contribution in [0.5, 0.6) is 0 Å². The van der Waals surface area contributed by atoms with Gasteiger partial charge in [-0.1, -0.05) is 0 Å². The van der Waals surface area contributed by atoms with Crippen molar-refractivity contribution in [3.8, 4) is 11.6 Å². The molecule has 2 heterocycles. The molecule has 0 bridgehead atoms. The molecule has 0 aliphatic rings. The van der Waals surface area contributed by atoms with Crippen molar-refractivity contribution in [3.05, 3.63) is 6.33 Å². The second kappa shape index (κ2) is 3.44. The van der Waals surface area contributed by atoms with E-state index in [1.54, 1.807) is 0 Å². The zero-order valence-corrected chi connectivity index (χ0v) is 7.69. The highest BCUT2D eigenvalue weighted by atomic mass is 16.4. The summed E-state index contributed by atoms with van der Waals surface area (Å²) < 4.78 is 1.22. The molecule has 2 N–H and O–H groups in total. The van der Waals surface area contributed by atoms with Crippen molar-refractivity contribution in [2.45, 2.75) is 13.0 Å². The van der Waals surface area contributed by atoms with Crippen LogP contribution in [0.25, 0.3) is 11.6 Å². The van der Waals surface area contributed by atoms with E-state index in [2.05, 4.69) is 30.7 Å². The maximum atomic E-state index is 10.7. The number of hydrogen-bond acceptors (Lipinski definition) is 6. The fourth-order valence-electron chi connectivity index (χ4n) is 0.934. The predicted octanol–water partition coefficient (Wildman–Crippen LogP) is -0.896. The number of carboxylic acids is 1. The van der Waals surface area contributed by atoms with Crippen molar-refractivity contribution < 1.29 is 9.90 Å². The summed E-state index contributed by atoms with van der Waals surface area (Å²) in [7, 11) is 0. The minimum Gasteiger partial charge on any atom is -0.480 e. The molecule has 0 saturated carbocycles. The Morgan fingerprint density at radius 2 is 2.40 bits per heavy atom. The average molecular weight is 209 g/mol. The Balaban J connectivity index is 2.28. The Morgan fingerprint density at radius 1 is 1.60 bits per heavy atom. The fourth-order valence-corrected chi connectivity index (χ4v) is 0.934. The van der Waals surface area contributed by atoms with E-state index >= 15 is 0 Å². The first-order valence-electron chi connectivity index (χ1n) is 4.06. The first-order valence-corrected chi connectivity index (χ1v) is 4.06. The number of aromatic nitrogens is 7. The lowest BCUT2D eigenvalue weighted by Gasteiger charge is -2.03. The number of nitrogens with zero attached hydrogens (tertiary/aromatic N) is 6. The van der Waals surface area contributed by atoms with Crippen molar-refractivity contribution in [3.63, 3.8) is 0 Å². The smallest absolute Gasteiger partial charge is 0.328 e. The van der Waals surface area contributed by atoms with E-state index < -0.39 is 12.0 Å². The maximum Gasteiger partial charge on any atom is 0.328 e. The zero-order chi connectivity index (χ0) is 10.8. The summed E-state index contributed by atoms with van der Waals surface area (Å²) in [5.74, 6) is -0.525. The van der Waals surface area contributed by atoms with Gasteiger partial charge >= 0.3 is 5.97 Å². The van der Waals surface area contributed by atoms with Gasteiger partial charge in [-0.3, -0.25) is 0 Å². The van der Waals surface area contributed by atoms with Crippen LogP contribution in [-0.2, 0) is 4.79 Å². The molecule has 2 aromatic heterocycles. The molecule has 1 atom stereocenters. The van der Waals surface area contributed by atoms with E-state index in [9.17, 15) is 4.79 Å². The molecule has 0 spiro atoms. The fraction of sp³-hybridized carbons (Fsp3) is 0.333. The number of carboxylic acid groups (broad SMARTS) is 1. The third-order valence-electron chi connectivity index (χ3n) is 1.81. The van der Waals surface area contributed by atoms with Crippen molar-refractivity contribution >= 4 is 5.97 Å². The number of hydrogen-bond donors (Lipinski definition) is 2. The van der Waals surface area contributed by atoms with Gasteiger partial charge in [0.1, 0.15) is 12.4 Å². The van der Waals surface area contributed by atoms with E-state index in [1.165, 1.54) is 17.9 Å². The van der Waals surface area contributed by atoms with Crippen LogP contribution < -0.4 is 0 Å². The van der Waals surface area contributed by atoms with Crippen LogP contribution >= 0.6 is 0 Å². The summed E-state index contributed by atoms with van der Waals surface area (Å²) in [6.45, 7) is 1.50. The van der Waals surface area contributed by atoms with Crippen LogP contribution in [0, 0.1) is 0 Å². The summed E-state index contributed by atoms with van der Waals surface area (Å²) in [5, 5.41) is 25.6. The third kappa shape index (κ3) is 1.66. The molecule has 9 heteroatoms. The Kier molecular flexibility index (Phi) is 2.12. The number of aliphatic carboxylic acids is 1. The summed E-state index contributed by atoms with van der Waals surface area (Å²) in [6, 6.07) is -0.779. The van der Waals surface area contributed by atoms with E-state index in [1.807, 2.05) is 0 Å². The summed E-state index contributed by atoms with van der Waals surface area (Å²) in [5.41, 5.74) is 0. The molecule has 78 valence electrons. The second-order valence-corrected chi connectivity index (χ2v) is 2.80. The van der Waals surface area contributed by atoms with Crippen LogP contribution in [0.3, 0.4) is 0 Å². The molecule has 2 aromatic rings. The Morgan fingerprint density at radius 3 is 3.00 bits per heavy atom. The number of nitrogens with one attached hydrogen (secondary N) is 1. The Hall–Kier alpha value is -2.32. The van der Waals surface area contributed by atoms with Gasteiger partial charge in [0.15, 0.2) is 0 Å². The van der Waals surface area contributed by atoms with Crippen LogP contribution in [-0.4, -0.2) is 46.5 Å². The SMILES string of the molecule is C[C@H](C(=O)O)n1cnc(-c2nn[nH]n2)n1.